The molecule has 2 aromatic heterocycles. The molecule has 0 bridgehead atoms. The van der Waals surface area contributed by atoms with Crippen molar-refractivity contribution in [1.82, 2.24) is 19.5 Å². The first-order valence-electron chi connectivity index (χ1n) is 8.25. The summed E-state index contributed by atoms with van der Waals surface area (Å²) in [4.78, 5) is 31.5. The number of hydrogen-bond donors (Lipinski definition) is 1. The number of nitrogens with one attached hydrogen (secondary N) is 1. The number of aromatic nitrogens is 3. The third-order valence-electron chi connectivity index (χ3n) is 4.62. The summed E-state index contributed by atoms with van der Waals surface area (Å²) in [5.41, 5.74) is 2.59. The van der Waals surface area contributed by atoms with Gasteiger partial charge in [-0.15, -0.1) is 0 Å². The lowest BCUT2D eigenvalue weighted by Crippen LogP contribution is -2.40. The van der Waals surface area contributed by atoms with Crippen LogP contribution in [0.15, 0.2) is 35.3 Å². The minimum atomic E-state index is -0.153. The minimum absolute atomic E-state index is 0.0483. The molecule has 4 rings (SSSR count). The molecule has 134 valence electrons. The number of amides is 1. The fraction of sp³-hybridized carbons (Fsp3) is 0.278. The van der Waals surface area contributed by atoms with Crippen molar-refractivity contribution < 1.29 is 9.53 Å². The zero-order valence-corrected chi connectivity index (χ0v) is 14.9. The maximum atomic E-state index is 12.7. The predicted molar refractivity (Wildman–Crippen MR) is 96.6 cm³/mol. The molecule has 3 heterocycles. The predicted octanol–water partition coefficient (Wildman–Crippen LogP) is 1.81. The highest BCUT2D eigenvalue weighted by Crippen LogP contribution is 2.25. The molecule has 0 saturated carbocycles. The van der Waals surface area contributed by atoms with E-state index >= 15 is 0 Å². The zero-order chi connectivity index (χ0) is 18.3. The molecule has 26 heavy (non-hydrogen) atoms. The highest BCUT2D eigenvalue weighted by molar-refractivity contribution is 6.32. The van der Waals surface area contributed by atoms with Crippen molar-refractivity contribution in [2.45, 2.75) is 19.4 Å². The number of ether oxygens (including phenoxy) is 1. The molecule has 3 aromatic rings. The van der Waals surface area contributed by atoms with Gasteiger partial charge in [0, 0.05) is 25.2 Å². The number of benzene rings is 1. The second-order valence-corrected chi connectivity index (χ2v) is 6.62. The Bertz CT molecular complexity index is 1060. The van der Waals surface area contributed by atoms with Crippen LogP contribution in [0.5, 0.6) is 5.75 Å². The number of hydrogen-bond acceptors (Lipinski definition) is 4. The Labute approximate surface area is 154 Å². The smallest absolute Gasteiger partial charge is 0.277 e. The van der Waals surface area contributed by atoms with E-state index in [1.807, 2.05) is 6.07 Å². The van der Waals surface area contributed by atoms with E-state index in [0.29, 0.717) is 34.9 Å². The average Bonchev–Trinajstić information content (AvgIpc) is 3.10. The molecule has 1 aromatic carbocycles. The highest BCUT2D eigenvalue weighted by Gasteiger charge is 2.25. The first-order valence-corrected chi connectivity index (χ1v) is 8.62. The normalized spacial score (nSPS) is 13.7. The number of halogens is 1. The average molecular weight is 373 g/mol. The summed E-state index contributed by atoms with van der Waals surface area (Å²) in [7, 11) is 1.55. The molecular formula is C18H17ClN4O3. The van der Waals surface area contributed by atoms with Crippen molar-refractivity contribution in [3.05, 3.63) is 62.7 Å². The van der Waals surface area contributed by atoms with Gasteiger partial charge in [-0.3, -0.25) is 14.7 Å². The number of nitrogens with zero attached hydrogens (tertiary/aromatic N) is 3. The van der Waals surface area contributed by atoms with Gasteiger partial charge in [-0.05, 0) is 17.7 Å². The van der Waals surface area contributed by atoms with Crippen LogP contribution in [0, 0.1) is 0 Å². The van der Waals surface area contributed by atoms with Gasteiger partial charge < -0.3 is 9.64 Å². The maximum absolute atomic E-state index is 12.7. The quantitative estimate of drug-likeness (QED) is 0.760. The molecule has 7 nitrogen and oxygen atoms in total. The van der Waals surface area contributed by atoms with Gasteiger partial charge in [0.15, 0.2) is 5.65 Å². The van der Waals surface area contributed by atoms with Crippen LogP contribution >= 0.6 is 11.6 Å². The van der Waals surface area contributed by atoms with Gasteiger partial charge in [-0.1, -0.05) is 17.7 Å². The summed E-state index contributed by atoms with van der Waals surface area (Å²) in [5.74, 6) is 0.525. The van der Waals surface area contributed by atoms with Gasteiger partial charge in [0.25, 0.3) is 5.56 Å². The van der Waals surface area contributed by atoms with Crippen LogP contribution in [0.1, 0.15) is 16.8 Å². The Morgan fingerprint density at radius 2 is 2.23 bits per heavy atom. The van der Waals surface area contributed by atoms with Gasteiger partial charge in [0.1, 0.15) is 5.75 Å². The molecule has 0 atom stereocenters. The van der Waals surface area contributed by atoms with Gasteiger partial charge >= 0.3 is 0 Å². The Balaban J connectivity index is 1.55. The standard InChI is InChI=1S/C18H17ClN4O3/c1-26-15-3-2-11(8-13(15)19)9-17(24)22-7-5-14-12(10-22)18(25)23-16(21-14)4-6-20-23/h2-4,6,8,20H,5,7,9-10H2,1H3. The summed E-state index contributed by atoms with van der Waals surface area (Å²) in [6, 6.07) is 7.05. The number of H-pyrrole nitrogens is 1. The highest BCUT2D eigenvalue weighted by atomic mass is 35.5. The van der Waals surface area contributed by atoms with Crippen LogP contribution in [-0.4, -0.2) is 39.1 Å². The molecule has 0 saturated heterocycles. The molecule has 1 N–H and O–H groups in total. The fourth-order valence-corrected chi connectivity index (χ4v) is 3.52. The van der Waals surface area contributed by atoms with Crippen LogP contribution in [0.3, 0.4) is 0 Å². The van der Waals surface area contributed by atoms with Crippen LogP contribution in [0.25, 0.3) is 5.65 Å². The molecular weight excluding hydrogens is 356 g/mol. The van der Waals surface area contributed by atoms with Crippen LogP contribution < -0.4 is 10.3 Å². The molecule has 8 heteroatoms. The lowest BCUT2D eigenvalue weighted by Gasteiger charge is -2.28. The first-order chi connectivity index (χ1) is 12.6. The topological polar surface area (TPSA) is 79.7 Å². The Morgan fingerprint density at radius 3 is 3.00 bits per heavy atom. The SMILES string of the molecule is COc1ccc(CC(=O)N2CCc3nc4cc[nH]n4c(=O)c3C2)cc1Cl. The monoisotopic (exact) mass is 372 g/mol. The van der Waals surface area contributed by atoms with Crippen LogP contribution in [0.2, 0.25) is 5.02 Å². The molecule has 0 fully saturated rings. The Morgan fingerprint density at radius 1 is 1.38 bits per heavy atom. The molecule has 0 spiro atoms. The lowest BCUT2D eigenvalue weighted by molar-refractivity contribution is -0.131. The molecule has 1 amide bonds. The largest absolute Gasteiger partial charge is 0.495 e. The first kappa shape index (κ1) is 16.7. The van der Waals surface area contributed by atoms with E-state index < -0.39 is 0 Å². The van der Waals surface area contributed by atoms with Gasteiger partial charge in [0.05, 0.1) is 36.4 Å². The Kier molecular flexibility index (Phi) is 4.16. The van der Waals surface area contributed by atoms with E-state index in [1.165, 1.54) is 4.52 Å². The second-order valence-electron chi connectivity index (χ2n) is 6.21. The van der Waals surface area contributed by atoms with Crippen LogP contribution in [0.4, 0.5) is 0 Å². The van der Waals surface area contributed by atoms with E-state index in [-0.39, 0.29) is 24.4 Å². The molecule has 0 radical (unpaired) electrons. The number of methoxy groups -OCH3 is 1. The number of carbonyl (C=O) groups excluding carboxylic acids is 1. The van der Waals surface area contributed by atoms with Crippen molar-refractivity contribution >= 4 is 23.2 Å². The number of fused-ring (bicyclic) bond motifs is 2. The van der Waals surface area contributed by atoms with Crippen molar-refractivity contribution in [1.29, 1.82) is 0 Å². The Hall–Kier alpha value is -2.80. The summed E-state index contributed by atoms with van der Waals surface area (Å²) in [6.07, 6.45) is 2.46. The third kappa shape index (κ3) is 2.84. The van der Waals surface area contributed by atoms with E-state index in [2.05, 4.69) is 10.1 Å². The van der Waals surface area contributed by atoms with Crippen molar-refractivity contribution in [3.63, 3.8) is 0 Å². The van der Waals surface area contributed by atoms with Gasteiger partial charge in [-0.25, -0.2) is 9.50 Å². The number of carbonyl (C=O) groups is 1. The van der Waals surface area contributed by atoms with E-state index in [0.717, 1.165) is 11.3 Å². The summed E-state index contributed by atoms with van der Waals surface area (Å²) in [6.45, 7) is 0.814. The van der Waals surface area contributed by atoms with Gasteiger partial charge in [0.2, 0.25) is 5.91 Å². The van der Waals surface area contributed by atoms with E-state index in [4.69, 9.17) is 16.3 Å². The lowest BCUT2D eigenvalue weighted by atomic mass is 10.1. The van der Waals surface area contributed by atoms with Crippen molar-refractivity contribution in [2.24, 2.45) is 0 Å². The molecule has 1 aliphatic heterocycles. The van der Waals surface area contributed by atoms with E-state index in [9.17, 15) is 9.59 Å². The summed E-state index contributed by atoms with van der Waals surface area (Å²) in [5, 5.41) is 3.32. The third-order valence-corrected chi connectivity index (χ3v) is 4.91. The minimum Gasteiger partial charge on any atom is -0.495 e. The number of aromatic amines is 1. The molecule has 0 unspecified atom stereocenters. The summed E-state index contributed by atoms with van der Waals surface area (Å²) >= 11 is 6.13. The number of rotatable bonds is 3. The molecule has 0 aliphatic carbocycles. The fourth-order valence-electron chi connectivity index (χ4n) is 3.24. The molecule has 1 aliphatic rings. The van der Waals surface area contributed by atoms with Crippen molar-refractivity contribution in [2.75, 3.05) is 13.7 Å². The van der Waals surface area contributed by atoms with E-state index in [1.54, 1.807) is 36.4 Å². The zero-order valence-electron chi connectivity index (χ0n) is 14.2. The second kappa shape index (κ2) is 6.49. The maximum Gasteiger partial charge on any atom is 0.277 e. The summed E-state index contributed by atoms with van der Waals surface area (Å²) < 4.78 is 6.53. The van der Waals surface area contributed by atoms with Crippen LogP contribution in [-0.2, 0) is 24.2 Å². The van der Waals surface area contributed by atoms with Gasteiger partial charge in [-0.2, -0.15) is 0 Å². The van der Waals surface area contributed by atoms with Crippen molar-refractivity contribution in [3.8, 4) is 5.75 Å².